The van der Waals surface area contributed by atoms with Gasteiger partial charge in [0, 0.05) is 38.9 Å². The molecule has 1 aliphatic heterocycles. The highest BCUT2D eigenvalue weighted by atomic mass is 16.5. The average molecular weight is 457 g/mol. The molecule has 2 heterocycles. The number of hydrogen-bond acceptors (Lipinski definition) is 5. The smallest absolute Gasteiger partial charge is 0.274 e. The Morgan fingerprint density at radius 1 is 1.03 bits per heavy atom. The van der Waals surface area contributed by atoms with Crippen molar-refractivity contribution in [2.45, 2.75) is 25.5 Å². The van der Waals surface area contributed by atoms with E-state index in [1.807, 2.05) is 61.6 Å². The number of hydrogen-bond donors (Lipinski definition) is 0. The van der Waals surface area contributed by atoms with Gasteiger partial charge >= 0.3 is 0 Å². The van der Waals surface area contributed by atoms with Crippen molar-refractivity contribution >= 4 is 5.69 Å². The number of ether oxygens (including phenoxy) is 1. The number of aromatic nitrogens is 1. The lowest BCUT2D eigenvalue weighted by Gasteiger charge is -2.36. The molecule has 0 saturated carbocycles. The summed E-state index contributed by atoms with van der Waals surface area (Å²) in [6.07, 6.45) is 2.07. The van der Waals surface area contributed by atoms with Gasteiger partial charge < -0.3 is 19.1 Å². The normalized spacial score (nSPS) is 14.4. The number of methoxy groups -OCH3 is 1. The third-order valence-electron chi connectivity index (χ3n) is 6.79. The standard InChI is InChI=1S/C28H32N4O2/c1-30(2)24-13-15-32(16-14-24)26-17-25(22-9-5-20(18-29)6-10-22)27(31(3)28(26)33)23-11-7-21(8-12-23)19-34-4/h5-12,17,24H,13-16,19H2,1-4H3. The molecule has 3 aromatic rings. The fourth-order valence-electron chi connectivity index (χ4n) is 4.79. The van der Waals surface area contributed by atoms with Crippen molar-refractivity contribution in [1.82, 2.24) is 9.47 Å². The second-order valence-corrected chi connectivity index (χ2v) is 9.16. The maximum Gasteiger partial charge on any atom is 0.274 e. The lowest BCUT2D eigenvalue weighted by molar-refractivity contribution is 0.185. The summed E-state index contributed by atoms with van der Waals surface area (Å²) < 4.78 is 7.02. The fourth-order valence-corrected chi connectivity index (χ4v) is 4.79. The van der Waals surface area contributed by atoms with Crippen LogP contribution in [0.15, 0.2) is 59.4 Å². The van der Waals surface area contributed by atoms with Gasteiger partial charge in [-0.1, -0.05) is 36.4 Å². The second kappa shape index (κ2) is 10.3. The zero-order valence-corrected chi connectivity index (χ0v) is 20.4. The van der Waals surface area contributed by atoms with Crippen LogP contribution < -0.4 is 10.5 Å². The minimum atomic E-state index is 0.0108. The Labute approximate surface area is 201 Å². The molecule has 1 aromatic heterocycles. The largest absolute Gasteiger partial charge is 0.380 e. The number of benzene rings is 2. The molecule has 1 saturated heterocycles. The number of nitrogens with zero attached hydrogens (tertiary/aromatic N) is 4. The summed E-state index contributed by atoms with van der Waals surface area (Å²) in [7, 11) is 7.77. The van der Waals surface area contributed by atoms with E-state index >= 15 is 0 Å². The molecule has 0 bridgehead atoms. The van der Waals surface area contributed by atoms with Crippen molar-refractivity contribution in [2.75, 3.05) is 39.2 Å². The fraction of sp³-hybridized carbons (Fsp3) is 0.357. The molecule has 1 fully saturated rings. The van der Waals surface area contributed by atoms with Crippen LogP contribution >= 0.6 is 0 Å². The van der Waals surface area contributed by atoms with Crippen LogP contribution in [0.25, 0.3) is 22.4 Å². The lowest BCUT2D eigenvalue weighted by Crippen LogP contribution is -2.44. The van der Waals surface area contributed by atoms with Crippen LogP contribution in [0.2, 0.25) is 0 Å². The van der Waals surface area contributed by atoms with Gasteiger partial charge in [-0.2, -0.15) is 5.26 Å². The van der Waals surface area contributed by atoms with E-state index < -0.39 is 0 Å². The van der Waals surface area contributed by atoms with Gasteiger partial charge in [-0.05, 0) is 61.8 Å². The van der Waals surface area contributed by atoms with Gasteiger partial charge in [-0.25, -0.2) is 0 Å². The van der Waals surface area contributed by atoms with Crippen molar-refractivity contribution in [3.8, 4) is 28.5 Å². The molecule has 1 aliphatic rings. The number of pyridine rings is 1. The van der Waals surface area contributed by atoms with Gasteiger partial charge in [0.2, 0.25) is 0 Å². The monoisotopic (exact) mass is 456 g/mol. The van der Waals surface area contributed by atoms with E-state index in [4.69, 9.17) is 4.74 Å². The highest BCUT2D eigenvalue weighted by molar-refractivity contribution is 5.83. The molecule has 34 heavy (non-hydrogen) atoms. The Bertz CT molecular complexity index is 1230. The zero-order chi connectivity index (χ0) is 24.2. The van der Waals surface area contributed by atoms with Crippen molar-refractivity contribution < 1.29 is 4.74 Å². The number of anilines is 1. The van der Waals surface area contributed by atoms with Crippen LogP contribution in [0.4, 0.5) is 5.69 Å². The Balaban J connectivity index is 1.83. The third kappa shape index (κ3) is 4.77. The van der Waals surface area contributed by atoms with Gasteiger partial charge in [-0.15, -0.1) is 0 Å². The molecule has 0 amide bonds. The summed E-state index contributed by atoms with van der Waals surface area (Å²) in [5.41, 5.74) is 6.24. The molecular weight excluding hydrogens is 424 g/mol. The molecule has 0 atom stereocenters. The summed E-state index contributed by atoms with van der Waals surface area (Å²) in [5.74, 6) is 0. The van der Waals surface area contributed by atoms with E-state index in [1.54, 1.807) is 11.7 Å². The topological polar surface area (TPSA) is 61.5 Å². The summed E-state index contributed by atoms with van der Waals surface area (Å²) in [5, 5.41) is 9.24. The van der Waals surface area contributed by atoms with Crippen LogP contribution in [0, 0.1) is 11.3 Å². The van der Waals surface area contributed by atoms with E-state index in [0.717, 1.165) is 59.6 Å². The van der Waals surface area contributed by atoms with E-state index in [1.165, 1.54) is 0 Å². The van der Waals surface area contributed by atoms with E-state index in [9.17, 15) is 10.1 Å². The van der Waals surface area contributed by atoms with Crippen LogP contribution in [0.3, 0.4) is 0 Å². The number of rotatable bonds is 6. The molecule has 6 heteroatoms. The van der Waals surface area contributed by atoms with E-state index in [-0.39, 0.29) is 5.56 Å². The van der Waals surface area contributed by atoms with E-state index in [2.05, 4.69) is 30.0 Å². The third-order valence-corrected chi connectivity index (χ3v) is 6.79. The number of nitriles is 1. The first-order chi connectivity index (χ1) is 16.4. The summed E-state index contributed by atoms with van der Waals surface area (Å²) in [4.78, 5) is 18.1. The molecule has 0 radical (unpaired) electrons. The minimum Gasteiger partial charge on any atom is -0.380 e. The Hall–Kier alpha value is -3.40. The van der Waals surface area contributed by atoms with Gasteiger partial charge in [0.25, 0.3) is 5.56 Å². The summed E-state index contributed by atoms with van der Waals surface area (Å²) in [6.45, 7) is 2.26. The number of piperidine rings is 1. The van der Waals surface area contributed by atoms with Crippen LogP contribution in [0.1, 0.15) is 24.0 Å². The molecule has 6 nitrogen and oxygen atoms in total. The molecule has 0 spiro atoms. The minimum absolute atomic E-state index is 0.0108. The molecule has 0 aliphatic carbocycles. The maximum atomic E-state index is 13.6. The maximum absolute atomic E-state index is 13.6. The van der Waals surface area contributed by atoms with Crippen molar-refractivity contribution in [2.24, 2.45) is 7.05 Å². The average Bonchev–Trinajstić information content (AvgIpc) is 2.86. The molecule has 4 rings (SSSR count). The Kier molecular flexibility index (Phi) is 7.16. The van der Waals surface area contributed by atoms with Gasteiger partial charge in [0.05, 0.1) is 23.9 Å². The zero-order valence-electron chi connectivity index (χ0n) is 20.4. The van der Waals surface area contributed by atoms with Crippen molar-refractivity contribution in [3.63, 3.8) is 0 Å². The molecule has 0 N–H and O–H groups in total. The van der Waals surface area contributed by atoms with Gasteiger partial charge in [-0.3, -0.25) is 4.79 Å². The first kappa shape index (κ1) is 23.7. The van der Waals surface area contributed by atoms with Crippen LogP contribution in [-0.4, -0.2) is 49.8 Å². The van der Waals surface area contributed by atoms with Crippen molar-refractivity contribution in [3.05, 3.63) is 76.1 Å². The first-order valence-electron chi connectivity index (χ1n) is 11.7. The SMILES string of the molecule is COCc1ccc(-c2c(-c3ccc(C#N)cc3)cc(N3CCC(N(C)C)CC3)c(=O)n2C)cc1. The lowest BCUT2D eigenvalue weighted by atomic mass is 9.96. The first-order valence-corrected chi connectivity index (χ1v) is 11.7. The second-order valence-electron chi connectivity index (χ2n) is 9.16. The predicted octanol–water partition coefficient (Wildman–Crippen LogP) is 4.27. The molecular formula is C28H32N4O2. The van der Waals surface area contributed by atoms with Gasteiger partial charge in [0.1, 0.15) is 5.69 Å². The highest BCUT2D eigenvalue weighted by Crippen LogP contribution is 2.34. The quantitative estimate of drug-likeness (QED) is 0.554. The summed E-state index contributed by atoms with van der Waals surface area (Å²) in [6, 6.07) is 20.5. The Morgan fingerprint density at radius 3 is 2.21 bits per heavy atom. The highest BCUT2D eigenvalue weighted by Gasteiger charge is 2.25. The molecule has 0 unspecified atom stereocenters. The molecule has 2 aromatic carbocycles. The van der Waals surface area contributed by atoms with Gasteiger partial charge in [0.15, 0.2) is 0 Å². The summed E-state index contributed by atoms with van der Waals surface area (Å²) >= 11 is 0. The van der Waals surface area contributed by atoms with Crippen LogP contribution in [-0.2, 0) is 18.4 Å². The van der Waals surface area contributed by atoms with Crippen molar-refractivity contribution in [1.29, 1.82) is 5.26 Å². The van der Waals surface area contributed by atoms with E-state index in [0.29, 0.717) is 18.2 Å². The Morgan fingerprint density at radius 2 is 1.65 bits per heavy atom. The molecule has 176 valence electrons. The van der Waals surface area contributed by atoms with Crippen LogP contribution in [0.5, 0.6) is 0 Å². The predicted molar refractivity (Wildman–Crippen MR) is 137 cm³/mol.